The Hall–Kier alpha value is -2.55. The average Bonchev–Trinajstić information content (AvgIpc) is 3.08. The number of rotatable bonds is 8. The molecule has 4 rings (SSSR count). The normalized spacial score (nSPS) is 11.6. The van der Waals surface area contributed by atoms with E-state index < -0.39 is 10.0 Å². The van der Waals surface area contributed by atoms with Crippen LogP contribution in [0, 0.1) is 0 Å². The van der Waals surface area contributed by atoms with E-state index in [1.54, 1.807) is 46.7 Å². The molecule has 0 amide bonds. The quantitative estimate of drug-likeness (QED) is 0.342. The standard InChI is InChI=1S/C23H22N2O3S3/c1-2-14-25-21-13-12-20(15-22(21)30-23(25)26)31(27,28)24-18-10-8-17(9-11-18)16-29-19-6-4-3-5-7-19/h3-13,15,24H,2,14,16H2,1H3. The van der Waals surface area contributed by atoms with E-state index in [4.69, 9.17) is 0 Å². The molecule has 0 aliphatic rings. The Morgan fingerprint density at radius 1 is 1.00 bits per heavy atom. The minimum atomic E-state index is -3.75. The lowest BCUT2D eigenvalue weighted by atomic mass is 10.2. The summed E-state index contributed by atoms with van der Waals surface area (Å²) in [5.41, 5.74) is 2.39. The molecular weight excluding hydrogens is 448 g/mol. The molecule has 0 aliphatic carbocycles. The average molecular weight is 471 g/mol. The Morgan fingerprint density at radius 2 is 1.74 bits per heavy atom. The first kappa shape index (κ1) is 21.7. The van der Waals surface area contributed by atoms with E-state index in [1.807, 2.05) is 37.3 Å². The minimum absolute atomic E-state index is 0.0664. The van der Waals surface area contributed by atoms with E-state index in [9.17, 15) is 13.2 Å². The predicted molar refractivity (Wildman–Crippen MR) is 130 cm³/mol. The summed E-state index contributed by atoms with van der Waals surface area (Å²) >= 11 is 2.81. The lowest BCUT2D eigenvalue weighted by molar-refractivity contribution is 0.601. The second-order valence-corrected chi connectivity index (χ2v) is 10.8. The van der Waals surface area contributed by atoms with Gasteiger partial charge in [0.1, 0.15) is 0 Å². The smallest absolute Gasteiger partial charge is 0.299 e. The molecule has 1 N–H and O–H groups in total. The summed E-state index contributed by atoms with van der Waals surface area (Å²) in [6, 6.07) is 22.4. The molecule has 5 nitrogen and oxygen atoms in total. The molecule has 0 atom stereocenters. The van der Waals surface area contributed by atoms with Crippen LogP contribution in [-0.4, -0.2) is 13.0 Å². The number of nitrogens with one attached hydrogen (secondary N) is 1. The lowest BCUT2D eigenvalue weighted by Gasteiger charge is -2.09. The summed E-state index contributed by atoms with van der Waals surface area (Å²) < 4.78 is 30.7. The number of anilines is 1. The number of aromatic nitrogens is 1. The number of thioether (sulfide) groups is 1. The molecule has 0 saturated carbocycles. The molecule has 31 heavy (non-hydrogen) atoms. The highest BCUT2D eigenvalue weighted by Gasteiger charge is 2.17. The van der Waals surface area contributed by atoms with Crippen molar-refractivity contribution in [1.29, 1.82) is 0 Å². The van der Waals surface area contributed by atoms with Gasteiger partial charge in [0.05, 0.1) is 15.1 Å². The molecule has 0 bridgehead atoms. The fourth-order valence-electron chi connectivity index (χ4n) is 3.22. The maximum absolute atomic E-state index is 12.9. The van der Waals surface area contributed by atoms with Gasteiger partial charge in [-0.3, -0.25) is 14.1 Å². The monoisotopic (exact) mass is 470 g/mol. The van der Waals surface area contributed by atoms with Gasteiger partial charge >= 0.3 is 4.87 Å². The summed E-state index contributed by atoms with van der Waals surface area (Å²) in [6.07, 6.45) is 0.840. The van der Waals surface area contributed by atoms with Crippen molar-refractivity contribution in [3.63, 3.8) is 0 Å². The number of hydrogen-bond donors (Lipinski definition) is 1. The lowest BCUT2D eigenvalue weighted by Crippen LogP contribution is -2.13. The van der Waals surface area contributed by atoms with Crippen LogP contribution < -0.4 is 9.60 Å². The van der Waals surface area contributed by atoms with E-state index in [2.05, 4.69) is 16.9 Å². The number of sulfonamides is 1. The highest BCUT2D eigenvalue weighted by Crippen LogP contribution is 2.25. The van der Waals surface area contributed by atoms with Gasteiger partial charge in [0.2, 0.25) is 0 Å². The molecule has 1 aromatic heterocycles. The Kier molecular flexibility index (Phi) is 6.50. The maximum Gasteiger partial charge on any atom is 0.308 e. The minimum Gasteiger partial charge on any atom is -0.299 e. The van der Waals surface area contributed by atoms with Crippen molar-refractivity contribution < 1.29 is 8.42 Å². The first-order valence-corrected chi connectivity index (χ1v) is 13.2. The van der Waals surface area contributed by atoms with Crippen molar-refractivity contribution >= 4 is 49.0 Å². The van der Waals surface area contributed by atoms with E-state index in [1.165, 1.54) is 4.90 Å². The summed E-state index contributed by atoms with van der Waals surface area (Å²) in [5, 5.41) is 0. The Morgan fingerprint density at radius 3 is 2.45 bits per heavy atom. The van der Waals surface area contributed by atoms with Crippen LogP contribution in [0.4, 0.5) is 5.69 Å². The van der Waals surface area contributed by atoms with Crippen molar-refractivity contribution in [3.8, 4) is 0 Å². The van der Waals surface area contributed by atoms with Gasteiger partial charge in [-0.2, -0.15) is 0 Å². The van der Waals surface area contributed by atoms with Crippen LogP contribution in [0.5, 0.6) is 0 Å². The SMILES string of the molecule is CCCn1c(=O)sc2cc(S(=O)(=O)Nc3ccc(CSc4ccccc4)cc3)ccc21. The third-order valence-electron chi connectivity index (χ3n) is 4.75. The topological polar surface area (TPSA) is 68.2 Å². The third kappa shape index (κ3) is 5.03. The summed E-state index contributed by atoms with van der Waals surface area (Å²) in [7, 11) is -3.75. The Labute approximate surface area is 189 Å². The molecular formula is C23H22N2O3S3. The molecule has 0 spiro atoms. The van der Waals surface area contributed by atoms with Gasteiger partial charge in [-0.15, -0.1) is 11.8 Å². The highest BCUT2D eigenvalue weighted by atomic mass is 32.2. The molecule has 0 fully saturated rings. The molecule has 8 heteroatoms. The fourth-order valence-corrected chi connectivity index (χ4v) is 6.21. The van der Waals surface area contributed by atoms with Crippen LogP contribution in [0.25, 0.3) is 10.2 Å². The van der Waals surface area contributed by atoms with E-state index in [0.29, 0.717) is 16.9 Å². The van der Waals surface area contributed by atoms with Crippen molar-refractivity contribution in [2.24, 2.45) is 0 Å². The molecule has 0 radical (unpaired) electrons. The van der Waals surface area contributed by atoms with Crippen LogP contribution in [0.1, 0.15) is 18.9 Å². The number of fused-ring (bicyclic) bond motifs is 1. The second kappa shape index (κ2) is 9.30. The zero-order valence-corrected chi connectivity index (χ0v) is 19.4. The highest BCUT2D eigenvalue weighted by molar-refractivity contribution is 7.98. The maximum atomic E-state index is 12.9. The van der Waals surface area contributed by atoms with Crippen LogP contribution in [0.3, 0.4) is 0 Å². The van der Waals surface area contributed by atoms with E-state index in [-0.39, 0.29) is 9.77 Å². The molecule has 1 heterocycles. The number of benzene rings is 3. The number of aryl methyl sites for hydroxylation is 1. The largest absolute Gasteiger partial charge is 0.308 e. The van der Waals surface area contributed by atoms with Gasteiger partial charge in [-0.1, -0.05) is 48.6 Å². The zero-order chi connectivity index (χ0) is 21.8. The summed E-state index contributed by atoms with van der Waals surface area (Å²) in [6.45, 7) is 2.63. The first-order chi connectivity index (χ1) is 15.0. The molecule has 4 aromatic rings. The van der Waals surface area contributed by atoms with Gasteiger partial charge in [0.25, 0.3) is 10.0 Å². The van der Waals surface area contributed by atoms with Gasteiger partial charge in [-0.05, 0) is 54.4 Å². The summed E-state index contributed by atoms with van der Waals surface area (Å²) in [4.78, 5) is 13.4. The van der Waals surface area contributed by atoms with Crippen LogP contribution >= 0.6 is 23.1 Å². The summed E-state index contributed by atoms with van der Waals surface area (Å²) in [5.74, 6) is 0.807. The number of nitrogens with zero attached hydrogens (tertiary/aromatic N) is 1. The fraction of sp³-hybridized carbons (Fsp3) is 0.174. The van der Waals surface area contributed by atoms with Gasteiger partial charge in [-0.25, -0.2) is 8.42 Å². The molecule has 0 aliphatic heterocycles. The van der Waals surface area contributed by atoms with Gasteiger partial charge in [0, 0.05) is 22.9 Å². The second-order valence-electron chi connectivity index (χ2n) is 7.05. The van der Waals surface area contributed by atoms with E-state index in [0.717, 1.165) is 34.6 Å². The predicted octanol–water partition coefficient (Wildman–Crippen LogP) is 5.57. The first-order valence-electron chi connectivity index (χ1n) is 9.89. The molecule has 0 unspecified atom stereocenters. The number of hydrogen-bond acceptors (Lipinski definition) is 5. The van der Waals surface area contributed by atoms with Crippen LogP contribution in [0.2, 0.25) is 0 Å². The van der Waals surface area contributed by atoms with Gasteiger partial charge in [0.15, 0.2) is 0 Å². The van der Waals surface area contributed by atoms with E-state index >= 15 is 0 Å². The van der Waals surface area contributed by atoms with Crippen molar-refractivity contribution in [2.75, 3.05) is 4.72 Å². The number of thiazole rings is 1. The van der Waals surface area contributed by atoms with Crippen molar-refractivity contribution in [1.82, 2.24) is 4.57 Å². The van der Waals surface area contributed by atoms with Gasteiger partial charge < -0.3 is 0 Å². The van der Waals surface area contributed by atoms with Crippen molar-refractivity contribution in [2.45, 2.75) is 35.4 Å². The third-order valence-corrected chi connectivity index (χ3v) is 8.16. The molecule has 160 valence electrons. The molecule has 3 aromatic carbocycles. The van der Waals surface area contributed by atoms with Crippen LogP contribution in [-0.2, 0) is 22.3 Å². The zero-order valence-electron chi connectivity index (χ0n) is 16.9. The Bertz CT molecular complexity index is 1340. The molecule has 0 saturated heterocycles. The van der Waals surface area contributed by atoms with Crippen LogP contribution in [0.15, 0.2) is 87.4 Å². The van der Waals surface area contributed by atoms with Crippen molar-refractivity contribution in [3.05, 3.63) is 88.0 Å². The Balaban J connectivity index is 1.48.